The van der Waals surface area contributed by atoms with Gasteiger partial charge < -0.3 is 24.7 Å². The van der Waals surface area contributed by atoms with Gasteiger partial charge >= 0.3 is 5.69 Å². The van der Waals surface area contributed by atoms with E-state index in [1.165, 1.54) is 0 Å². The van der Waals surface area contributed by atoms with E-state index in [-0.39, 0.29) is 34.7 Å². The van der Waals surface area contributed by atoms with Crippen LogP contribution >= 0.6 is 0 Å². The number of carbonyl (C=O) groups excluding carboxylic acids is 2. The molecule has 4 N–H and O–H groups in total. The van der Waals surface area contributed by atoms with Crippen molar-refractivity contribution in [1.82, 2.24) is 9.97 Å². The molecule has 10 nitrogen and oxygen atoms in total. The number of aliphatic hydroxyl groups excluding tert-OH is 2. The van der Waals surface area contributed by atoms with Crippen LogP contribution in [-0.4, -0.2) is 62.5 Å². The molecule has 9 atom stereocenters. The summed E-state index contributed by atoms with van der Waals surface area (Å²) in [7, 11) is 0. The SMILES string of the molecule is CCCC1O[C@@H]2C[C@H]3[C@@H]4CCC5=CC(=O)C=C[C@]5(C)[C@H]4[C@@H](O)C[C@]3(C)[C@]2(C(=O)CO)O1.O=c1[nH]cc(F)c(=O)[nH]1. The molecule has 3 saturated carbocycles. The van der Waals surface area contributed by atoms with Crippen molar-refractivity contribution in [2.75, 3.05) is 6.61 Å². The topological polar surface area (TPSA) is 159 Å². The molecule has 6 rings (SSSR count). The molecule has 11 heteroatoms. The lowest BCUT2D eigenvalue weighted by Gasteiger charge is -2.59. The van der Waals surface area contributed by atoms with Crippen molar-refractivity contribution >= 4 is 11.6 Å². The van der Waals surface area contributed by atoms with E-state index < -0.39 is 53.2 Å². The number of aromatic amines is 2. The minimum absolute atomic E-state index is 0.0125. The van der Waals surface area contributed by atoms with Gasteiger partial charge in [0, 0.05) is 22.9 Å². The van der Waals surface area contributed by atoms with Crippen LogP contribution in [0.25, 0.3) is 0 Å². The Balaban J connectivity index is 0.000000306. The van der Waals surface area contributed by atoms with E-state index in [9.17, 15) is 33.8 Å². The Kier molecular flexibility index (Phi) is 7.39. The normalized spacial score (nSPS) is 41.1. The Morgan fingerprint density at radius 3 is 2.65 bits per heavy atom. The van der Waals surface area contributed by atoms with Gasteiger partial charge in [-0.25, -0.2) is 4.79 Å². The zero-order chi connectivity index (χ0) is 29.0. The van der Waals surface area contributed by atoms with Gasteiger partial charge in [-0.15, -0.1) is 0 Å². The van der Waals surface area contributed by atoms with Gasteiger partial charge in [0.25, 0.3) is 5.56 Å². The molecule has 1 aromatic heterocycles. The third-order valence-corrected chi connectivity index (χ3v) is 10.1. The summed E-state index contributed by atoms with van der Waals surface area (Å²) in [6.45, 7) is 5.67. The Hall–Kier alpha value is -2.73. The Bertz CT molecular complexity index is 1370. The van der Waals surface area contributed by atoms with Crippen molar-refractivity contribution in [2.24, 2.45) is 28.6 Å². The number of aromatic nitrogens is 2. The van der Waals surface area contributed by atoms with Gasteiger partial charge in [-0.1, -0.05) is 38.8 Å². The molecule has 0 bridgehead atoms. The van der Waals surface area contributed by atoms with Gasteiger partial charge in [0.05, 0.1) is 12.2 Å². The van der Waals surface area contributed by atoms with Crippen molar-refractivity contribution < 1.29 is 33.7 Å². The number of hydrogen-bond acceptors (Lipinski definition) is 8. The number of rotatable bonds is 4. The third kappa shape index (κ3) is 4.20. The fourth-order valence-electron chi connectivity index (χ4n) is 8.52. The first-order valence-corrected chi connectivity index (χ1v) is 14.0. The van der Waals surface area contributed by atoms with Crippen LogP contribution in [0.15, 0.2) is 39.6 Å². The zero-order valence-electron chi connectivity index (χ0n) is 22.9. The standard InChI is InChI=1S/C25H34O6.C4H3FN2O2/c1-4-5-21-30-20-11-17-16-7-6-14-10-15(27)8-9-23(14,2)22(16)18(28)12-24(17,3)25(20,31-21)19(29)13-26;5-2-1-6-4(9)7-3(2)8/h8-10,16-18,20-22,26,28H,4-7,11-13H2,1-3H3;1H,(H2,6,7,8,9)/t16-,17-,18-,20+,21?,22+,23-,24-,25+;/m0./s1. The van der Waals surface area contributed by atoms with Crippen LogP contribution in [0.1, 0.15) is 59.3 Å². The Morgan fingerprint density at radius 1 is 1.25 bits per heavy atom. The van der Waals surface area contributed by atoms with Crippen LogP contribution < -0.4 is 11.2 Å². The van der Waals surface area contributed by atoms with Crippen molar-refractivity contribution in [3.63, 3.8) is 0 Å². The van der Waals surface area contributed by atoms with Crippen LogP contribution in [0.2, 0.25) is 0 Å². The minimum Gasteiger partial charge on any atom is -0.393 e. The van der Waals surface area contributed by atoms with Crippen molar-refractivity contribution in [3.05, 3.63) is 56.7 Å². The Morgan fingerprint density at radius 2 is 2.00 bits per heavy atom. The van der Waals surface area contributed by atoms with E-state index in [0.717, 1.165) is 24.8 Å². The highest BCUT2D eigenvalue weighted by Crippen LogP contribution is 2.69. The molecule has 2 heterocycles. The first-order chi connectivity index (χ1) is 18.9. The predicted octanol–water partition coefficient (Wildman–Crippen LogP) is 1.92. The van der Waals surface area contributed by atoms with E-state index in [1.807, 2.05) is 11.1 Å². The predicted molar refractivity (Wildman–Crippen MR) is 141 cm³/mol. The van der Waals surface area contributed by atoms with E-state index in [0.29, 0.717) is 25.5 Å². The minimum atomic E-state index is -1.20. The fraction of sp³-hybridized carbons (Fsp3) is 0.655. The molecule has 0 radical (unpaired) electrons. The third-order valence-electron chi connectivity index (χ3n) is 10.1. The molecule has 4 fully saturated rings. The highest BCUT2D eigenvalue weighted by molar-refractivity contribution is 6.01. The molecule has 1 aliphatic heterocycles. The van der Waals surface area contributed by atoms with Gasteiger partial charge in [-0.2, -0.15) is 4.39 Å². The van der Waals surface area contributed by atoms with Crippen LogP contribution in [0.3, 0.4) is 0 Å². The van der Waals surface area contributed by atoms with E-state index in [4.69, 9.17) is 9.47 Å². The number of nitrogens with one attached hydrogen (secondary N) is 2. The summed E-state index contributed by atoms with van der Waals surface area (Å²) in [5.41, 5.74) is -2.76. The van der Waals surface area contributed by atoms with E-state index in [1.54, 1.807) is 17.1 Å². The summed E-state index contributed by atoms with van der Waals surface area (Å²) in [6.07, 6.45) is 9.02. The molecular weight excluding hydrogens is 523 g/mol. The summed E-state index contributed by atoms with van der Waals surface area (Å²) in [6, 6.07) is 0. The quantitative estimate of drug-likeness (QED) is 0.435. The van der Waals surface area contributed by atoms with Crippen molar-refractivity contribution in [1.29, 1.82) is 0 Å². The maximum Gasteiger partial charge on any atom is 0.325 e. The van der Waals surface area contributed by atoms with Gasteiger partial charge in [0.15, 0.2) is 23.5 Å². The van der Waals surface area contributed by atoms with Gasteiger partial charge in [-0.3, -0.25) is 19.4 Å². The van der Waals surface area contributed by atoms with E-state index in [2.05, 4.69) is 20.8 Å². The highest BCUT2D eigenvalue weighted by atomic mass is 19.1. The maximum atomic E-state index is 13.2. The zero-order valence-corrected chi connectivity index (χ0v) is 22.9. The molecule has 0 spiro atoms. The highest BCUT2D eigenvalue weighted by Gasteiger charge is 2.75. The first-order valence-electron chi connectivity index (χ1n) is 14.0. The molecule has 0 aromatic carbocycles. The molecule has 1 unspecified atom stereocenters. The molecule has 1 aromatic rings. The maximum absolute atomic E-state index is 13.2. The van der Waals surface area contributed by atoms with Crippen LogP contribution in [0.4, 0.5) is 4.39 Å². The molecule has 0 amide bonds. The smallest absolute Gasteiger partial charge is 0.325 e. The number of carbonyl (C=O) groups is 2. The van der Waals surface area contributed by atoms with Gasteiger partial charge in [-0.05, 0) is 56.1 Å². The average molecular weight is 561 g/mol. The van der Waals surface area contributed by atoms with Crippen LogP contribution in [-0.2, 0) is 19.1 Å². The van der Waals surface area contributed by atoms with Gasteiger partial charge in [0.1, 0.15) is 6.61 Å². The number of fused-ring (bicyclic) bond motifs is 7. The second-order valence-electron chi connectivity index (χ2n) is 12.1. The number of ether oxygens (including phenoxy) is 2. The number of ketones is 2. The molecule has 5 aliphatic rings. The molecule has 1 saturated heterocycles. The first kappa shape index (κ1) is 28.8. The summed E-state index contributed by atoms with van der Waals surface area (Å²) < 4.78 is 24.6. The number of allylic oxidation sites excluding steroid dienone is 4. The summed E-state index contributed by atoms with van der Waals surface area (Å²) in [5, 5.41) is 21.4. The lowest BCUT2D eigenvalue weighted by atomic mass is 9.46. The number of aliphatic hydroxyl groups is 2. The molecule has 218 valence electrons. The largest absolute Gasteiger partial charge is 0.393 e. The molecule has 40 heavy (non-hydrogen) atoms. The second-order valence-corrected chi connectivity index (χ2v) is 12.1. The van der Waals surface area contributed by atoms with Crippen LogP contribution in [0.5, 0.6) is 0 Å². The monoisotopic (exact) mass is 560 g/mol. The lowest BCUT2D eigenvalue weighted by Crippen LogP contribution is -2.63. The number of H-pyrrole nitrogens is 2. The fourth-order valence-corrected chi connectivity index (χ4v) is 8.52. The Labute approximate surface area is 230 Å². The molecule has 4 aliphatic carbocycles. The average Bonchev–Trinajstić information content (AvgIpc) is 3.38. The number of halogens is 1. The number of Topliss-reactive ketones (excluding diaryl/α,β-unsaturated/α-hetero) is 1. The second kappa shape index (κ2) is 10.3. The lowest BCUT2D eigenvalue weighted by molar-refractivity contribution is -0.200. The van der Waals surface area contributed by atoms with Crippen molar-refractivity contribution in [3.8, 4) is 0 Å². The van der Waals surface area contributed by atoms with Crippen LogP contribution in [0, 0.1) is 34.4 Å². The number of hydrogen-bond donors (Lipinski definition) is 4. The molecular formula is C29H37FN2O8. The van der Waals surface area contributed by atoms with Gasteiger partial charge in [0.2, 0.25) is 5.82 Å². The summed E-state index contributed by atoms with van der Waals surface area (Å²) in [4.78, 5) is 49.2. The van der Waals surface area contributed by atoms with E-state index >= 15 is 0 Å². The summed E-state index contributed by atoms with van der Waals surface area (Å²) >= 11 is 0. The summed E-state index contributed by atoms with van der Waals surface area (Å²) in [5.74, 6) is -0.964. The van der Waals surface area contributed by atoms with Crippen molar-refractivity contribution in [2.45, 2.75) is 83.4 Å².